The SMILES string of the molecule is COc1cccc(-c2nnc(C3CCC(n4c(SCCC(N)=O)nc5ccccc5c4=O)CC3)o2)c1. The lowest BCUT2D eigenvalue weighted by atomic mass is 9.86. The lowest BCUT2D eigenvalue weighted by Crippen LogP contribution is -2.30. The Kier molecular flexibility index (Phi) is 7.04. The molecule has 10 heteroatoms. The molecule has 1 aliphatic carbocycles. The van der Waals surface area contributed by atoms with Crippen LogP contribution in [0.2, 0.25) is 0 Å². The minimum absolute atomic E-state index is 0.00251. The Bertz CT molecular complexity index is 1440. The van der Waals surface area contributed by atoms with E-state index in [0.29, 0.717) is 33.6 Å². The van der Waals surface area contributed by atoms with Gasteiger partial charge in [-0.2, -0.15) is 0 Å². The molecule has 4 aromatic rings. The highest BCUT2D eigenvalue weighted by Gasteiger charge is 2.29. The molecule has 0 aliphatic heterocycles. The van der Waals surface area contributed by atoms with E-state index in [1.807, 2.05) is 48.5 Å². The van der Waals surface area contributed by atoms with Crippen molar-refractivity contribution in [3.63, 3.8) is 0 Å². The smallest absolute Gasteiger partial charge is 0.262 e. The minimum Gasteiger partial charge on any atom is -0.497 e. The van der Waals surface area contributed by atoms with E-state index in [-0.39, 0.29) is 29.8 Å². The van der Waals surface area contributed by atoms with Crippen molar-refractivity contribution in [2.45, 2.75) is 49.2 Å². The van der Waals surface area contributed by atoms with Crippen molar-refractivity contribution < 1.29 is 13.9 Å². The second kappa shape index (κ2) is 10.5. The second-order valence-electron chi connectivity index (χ2n) is 8.83. The van der Waals surface area contributed by atoms with Crippen LogP contribution < -0.4 is 16.0 Å². The van der Waals surface area contributed by atoms with Crippen LogP contribution in [0.1, 0.15) is 50.0 Å². The van der Waals surface area contributed by atoms with Gasteiger partial charge in [-0.3, -0.25) is 14.2 Å². The van der Waals surface area contributed by atoms with Crippen LogP contribution in [-0.2, 0) is 4.79 Å². The predicted molar refractivity (Wildman–Crippen MR) is 137 cm³/mol. The van der Waals surface area contributed by atoms with Gasteiger partial charge in [-0.15, -0.1) is 10.2 Å². The molecule has 0 spiro atoms. The molecule has 1 amide bonds. The first-order chi connectivity index (χ1) is 17.5. The number of nitrogens with two attached hydrogens (primary N) is 1. The highest BCUT2D eigenvalue weighted by Crippen LogP contribution is 2.39. The molecule has 186 valence electrons. The summed E-state index contributed by atoms with van der Waals surface area (Å²) in [5.74, 6) is 2.05. The van der Waals surface area contributed by atoms with Crippen LogP contribution >= 0.6 is 11.8 Å². The van der Waals surface area contributed by atoms with E-state index in [2.05, 4.69) is 10.2 Å². The zero-order valence-corrected chi connectivity index (χ0v) is 20.7. The van der Waals surface area contributed by atoms with E-state index in [0.717, 1.165) is 37.0 Å². The number of thioether (sulfide) groups is 1. The molecule has 5 rings (SSSR count). The fraction of sp³-hybridized carbons (Fsp3) is 0.346. The van der Waals surface area contributed by atoms with E-state index in [4.69, 9.17) is 19.9 Å². The first-order valence-corrected chi connectivity index (χ1v) is 12.9. The van der Waals surface area contributed by atoms with Crippen LogP contribution in [0.25, 0.3) is 22.4 Å². The number of methoxy groups -OCH3 is 1. The number of aromatic nitrogens is 4. The molecule has 2 aromatic heterocycles. The maximum absolute atomic E-state index is 13.5. The third-order valence-corrected chi connectivity index (χ3v) is 7.48. The first-order valence-electron chi connectivity index (χ1n) is 11.9. The van der Waals surface area contributed by atoms with Gasteiger partial charge >= 0.3 is 0 Å². The molecule has 0 bridgehead atoms. The van der Waals surface area contributed by atoms with Crippen molar-refractivity contribution in [3.8, 4) is 17.2 Å². The number of ether oxygens (including phenoxy) is 1. The van der Waals surface area contributed by atoms with Gasteiger partial charge in [0.2, 0.25) is 17.7 Å². The molecule has 2 heterocycles. The summed E-state index contributed by atoms with van der Waals surface area (Å²) in [4.78, 5) is 29.5. The maximum Gasteiger partial charge on any atom is 0.262 e. The van der Waals surface area contributed by atoms with Crippen LogP contribution in [0, 0.1) is 0 Å². The summed E-state index contributed by atoms with van der Waals surface area (Å²) in [5.41, 5.74) is 6.73. The molecule has 0 atom stereocenters. The Balaban J connectivity index is 1.35. The summed E-state index contributed by atoms with van der Waals surface area (Å²) in [6.45, 7) is 0. The topological polar surface area (TPSA) is 126 Å². The number of para-hydroxylation sites is 1. The molecular formula is C26H27N5O4S. The number of nitrogens with zero attached hydrogens (tertiary/aromatic N) is 4. The predicted octanol–water partition coefficient (Wildman–Crippen LogP) is 4.32. The van der Waals surface area contributed by atoms with Crippen LogP contribution in [-0.4, -0.2) is 38.5 Å². The van der Waals surface area contributed by atoms with Gasteiger partial charge in [-0.25, -0.2) is 4.98 Å². The second-order valence-corrected chi connectivity index (χ2v) is 9.90. The minimum atomic E-state index is -0.370. The number of hydrogen-bond acceptors (Lipinski definition) is 8. The van der Waals surface area contributed by atoms with Crippen molar-refractivity contribution in [1.29, 1.82) is 0 Å². The Hall–Kier alpha value is -3.66. The highest BCUT2D eigenvalue weighted by atomic mass is 32.2. The quantitative estimate of drug-likeness (QED) is 0.277. The van der Waals surface area contributed by atoms with Crippen molar-refractivity contribution in [2.24, 2.45) is 5.73 Å². The number of rotatable bonds is 8. The zero-order valence-electron chi connectivity index (χ0n) is 19.9. The maximum atomic E-state index is 13.5. The molecule has 36 heavy (non-hydrogen) atoms. The van der Waals surface area contributed by atoms with Gasteiger partial charge in [0.25, 0.3) is 5.56 Å². The molecule has 1 fully saturated rings. The molecule has 2 N–H and O–H groups in total. The van der Waals surface area contributed by atoms with Gasteiger partial charge in [0, 0.05) is 29.7 Å². The van der Waals surface area contributed by atoms with Gasteiger partial charge in [0.1, 0.15) is 5.75 Å². The average Bonchev–Trinajstić information content (AvgIpc) is 3.39. The average molecular weight is 506 g/mol. The Morgan fingerprint density at radius 1 is 1.14 bits per heavy atom. The first kappa shape index (κ1) is 24.1. The third kappa shape index (κ3) is 4.99. The summed E-state index contributed by atoms with van der Waals surface area (Å²) < 4.78 is 13.1. The van der Waals surface area contributed by atoms with E-state index < -0.39 is 0 Å². The van der Waals surface area contributed by atoms with E-state index in [1.165, 1.54) is 11.8 Å². The van der Waals surface area contributed by atoms with Crippen LogP contribution in [0.4, 0.5) is 0 Å². The molecule has 2 aromatic carbocycles. The van der Waals surface area contributed by atoms with Crippen LogP contribution in [0.5, 0.6) is 5.75 Å². The molecule has 0 saturated heterocycles. The molecule has 1 aliphatic rings. The Morgan fingerprint density at radius 3 is 2.72 bits per heavy atom. The number of carbonyl (C=O) groups is 1. The number of benzene rings is 2. The van der Waals surface area contributed by atoms with E-state index in [1.54, 1.807) is 11.7 Å². The van der Waals surface area contributed by atoms with Crippen molar-refractivity contribution in [1.82, 2.24) is 19.7 Å². The third-order valence-electron chi connectivity index (χ3n) is 6.52. The molecular weight excluding hydrogens is 478 g/mol. The van der Waals surface area contributed by atoms with Crippen molar-refractivity contribution in [3.05, 3.63) is 64.8 Å². The lowest BCUT2D eigenvalue weighted by molar-refractivity contribution is -0.117. The summed E-state index contributed by atoms with van der Waals surface area (Å²) in [6.07, 6.45) is 3.42. The largest absolute Gasteiger partial charge is 0.497 e. The van der Waals surface area contributed by atoms with Crippen LogP contribution in [0.3, 0.4) is 0 Å². The summed E-state index contributed by atoms with van der Waals surface area (Å²) >= 11 is 1.40. The number of hydrogen-bond donors (Lipinski definition) is 1. The summed E-state index contributed by atoms with van der Waals surface area (Å²) in [6, 6.07) is 14.9. The fourth-order valence-electron chi connectivity index (χ4n) is 4.65. The Labute approximate surface area is 212 Å². The van der Waals surface area contributed by atoms with Gasteiger partial charge in [0.15, 0.2) is 5.16 Å². The number of fused-ring (bicyclic) bond motifs is 1. The lowest BCUT2D eigenvalue weighted by Gasteiger charge is -2.29. The summed E-state index contributed by atoms with van der Waals surface area (Å²) in [7, 11) is 1.62. The van der Waals surface area contributed by atoms with Gasteiger partial charge in [-0.1, -0.05) is 30.0 Å². The Morgan fingerprint density at radius 2 is 1.94 bits per heavy atom. The van der Waals surface area contributed by atoms with Gasteiger partial charge < -0.3 is 14.9 Å². The summed E-state index contributed by atoms with van der Waals surface area (Å²) in [5, 5.41) is 9.78. The normalized spacial score (nSPS) is 17.8. The van der Waals surface area contributed by atoms with Gasteiger partial charge in [0.05, 0.1) is 18.0 Å². The molecule has 9 nitrogen and oxygen atoms in total. The number of primary amides is 1. The van der Waals surface area contributed by atoms with Crippen molar-refractivity contribution >= 4 is 28.6 Å². The number of carbonyl (C=O) groups excluding carboxylic acids is 1. The monoisotopic (exact) mass is 505 g/mol. The number of amides is 1. The van der Waals surface area contributed by atoms with E-state index in [9.17, 15) is 9.59 Å². The van der Waals surface area contributed by atoms with E-state index >= 15 is 0 Å². The highest BCUT2D eigenvalue weighted by molar-refractivity contribution is 7.99. The van der Waals surface area contributed by atoms with Crippen LogP contribution in [0.15, 0.2) is 62.9 Å². The molecule has 0 radical (unpaired) electrons. The molecule has 1 saturated carbocycles. The fourth-order valence-corrected chi connectivity index (χ4v) is 5.67. The molecule has 0 unspecified atom stereocenters. The standard InChI is InChI=1S/C26H27N5O4S/c1-34-19-6-4-5-17(15-19)24-30-29-23(35-24)16-9-11-18(12-10-16)31-25(33)20-7-2-3-8-21(20)28-26(31)36-14-13-22(27)32/h2-8,15-16,18H,9-14H2,1H3,(H2,27,32). The van der Waals surface area contributed by atoms with Gasteiger partial charge in [-0.05, 0) is 56.0 Å². The van der Waals surface area contributed by atoms with Crippen molar-refractivity contribution in [2.75, 3.05) is 12.9 Å². The zero-order chi connectivity index (χ0) is 25.1.